The quantitative estimate of drug-likeness (QED) is 0.186. The second-order valence-corrected chi connectivity index (χ2v) is 8.60. The van der Waals surface area contributed by atoms with Crippen molar-refractivity contribution in [3.05, 3.63) is 0 Å². The van der Waals surface area contributed by atoms with E-state index in [9.17, 15) is 14.2 Å². The molecule has 136 valence electrons. The standard InChI is InChI=1S/C4H13NO7P2.C4H11NO3/c5-3-1-2-4(6,13(7,8)9)14(10,11)12;5-4(1-6,2-7)3-8/h6H,1-3,5H2,(H2,7,8,9)(H2,10,11,12);6-8H,1-3,5H2. The fourth-order valence-corrected chi connectivity index (χ4v) is 3.21. The molecule has 0 aliphatic carbocycles. The van der Waals surface area contributed by atoms with Crippen LogP contribution in [0.25, 0.3) is 0 Å². The van der Waals surface area contributed by atoms with Gasteiger partial charge in [0.1, 0.15) is 0 Å². The first kappa shape index (κ1) is 24.3. The van der Waals surface area contributed by atoms with Gasteiger partial charge in [-0.3, -0.25) is 9.13 Å². The Hall–Kier alpha value is 0.0600. The molecule has 0 heterocycles. The highest BCUT2D eigenvalue weighted by Crippen LogP contribution is 2.69. The summed E-state index contributed by atoms with van der Waals surface area (Å²) in [6.45, 7) is -1.25. The van der Waals surface area contributed by atoms with Crippen LogP contribution in [0.1, 0.15) is 12.8 Å². The molecule has 0 amide bonds. The van der Waals surface area contributed by atoms with Crippen molar-refractivity contribution in [1.29, 1.82) is 0 Å². The Bertz CT molecular complexity index is 373. The highest BCUT2D eigenvalue weighted by molar-refractivity contribution is 7.72. The second kappa shape index (κ2) is 9.38. The lowest BCUT2D eigenvalue weighted by Gasteiger charge is -2.28. The Morgan fingerprint density at radius 2 is 1.18 bits per heavy atom. The van der Waals surface area contributed by atoms with Crippen LogP contribution in [-0.4, -0.2) is 77.0 Å². The van der Waals surface area contributed by atoms with E-state index < -0.39 is 52.1 Å². The minimum atomic E-state index is -5.30. The molecule has 22 heavy (non-hydrogen) atoms. The van der Waals surface area contributed by atoms with Gasteiger partial charge in [0.25, 0.3) is 5.08 Å². The van der Waals surface area contributed by atoms with Gasteiger partial charge < -0.3 is 51.5 Å². The average molecular weight is 370 g/mol. The minimum absolute atomic E-state index is 0.0394. The van der Waals surface area contributed by atoms with Gasteiger partial charge in [-0.25, -0.2) is 0 Å². The second-order valence-electron chi connectivity index (χ2n) is 4.59. The Balaban J connectivity index is 0. The van der Waals surface area contributed by atoms with E-state index in [1.807, 2.05) is 0 Å². The number of hydrogen-bond acceptors (Lipinski definition) is 8. The summed E-state index contributed by atoms with van der Waals surface area (Å²) in [5, 5.41) is 30.9. The van der Waals surface area contributed by atoms with Gasteiger partial charge in [-0.2, -0.15) is 0 Å². The van der Waals surface area contributed by atoms with Gasteiger partial charge in [0.15, 0.2) is 0 Å². The highest BCUT2D eigenvalue weighted by atomic mass is 31.2. The van der Waals surface area contributed by atoms with Gasteiger partial charge in [-0.1, -0.05) is 0 Å². The molecule has 14 heteroatoms. The van der Waals surface area contributed by atoms with Crippen LogP contribution < -0.4 is 11.5 Å². The molecule has 12 N–H and O–H groups in total. The van der Waals surface area contributed by atoms with Crippen LogP contribution in [0, 0.1) is 0 Å². The lowest BCUT2D eigenvalue weighted by Crippen LogP contribution is -2.50. The van der Waals surface area contributed by atoms with Crippen molar-refractivity contribution in [3.8, 4) is 0 Å². The zero-order chi connectivity index (χ0) is 18.2. The van der Waals surface area contributed by atoms with Crippen LogP contribution in [0.15, 0.2) is 0 Å². The lowest BCUT2D eigenvalue weighted by atomic mass is 10.1. The normalized spacial score (nSPS) is 13.5. The van der Waals surface area contributed by atoms with Crippen LogP contribution >= 0.6 is 15.2 Å². The summed E-state index contributed by atoms with van der Waals surface area (Å²) in [5.74, 6) is 0. The summed E-state index contributed by atoms with van der Waals surface area (Å²) < 4.78 is 21.4. The monoisotopic (exact) mass is 370 g/mol. The molecule has 0 aromatic heterocycles. The smallest absolute Gasteiger partial charge is 0.369 e. The van der Waals surface area contributed by atoms with Crippen molar-refractivity contribution < 1.29 is 49.1 Å². The summed E-state index contributed by atoms with van der Waals surface area (Å²) in [6.07, 6.45) is -0.856. The Morgan fingerprint density at radius 1 is 0.864 bits per heavy atom. The van der Waals surface area contributed by atoms with E-state index in [-0.39, 0.29) is 13.0 Å². The third kappa shape index (κ3) is 7.09. The number of aliphatic hydroxyl groups excluding tert-OH is 3. The first-order chi connectivity index (χ1) is 9.74. The summed E-state index contributed by atoms with van der Waals surface area (Å²) in [4.78, 5) is 34.5. The van der Waals surface area contributed by atoms with E-state index in [1.165, 1.54) is 0 Å². The molecular formula is C8H24N2O10P2. The number of nitrogens with two attached hydrogens (primary N) is 2. The first-order valence-electron chi connectivity index (χ1n) is 5.90. The fraction of sp³-hybridized carbons (Fsp3) is 1.00. The molecule has 0 saturated heterocycles. The predicted octanol–water partition coefficient (Wildman–Crippen LogP) is -3.61. The molecule has 0 aliphatic rings. The van der Waals surface area contributed by atoms with Gasteiger partial charge in [0.05, 0.1) is 25.4 Å². The van der Waals surface area contributed by atoms with Crippen LogP contribution in [-0.2, 0) is 9.13 Å². The number of rotatable bonds is 8. The molecule has 0 atom stereocenters. The topological polar surface area (TPSA) is 248 Å². The SMILES string of the molecule is NC(CO)(CO)CO.NCCCC(O)(P(=O)(O)O)P(=O)(O)O. The van der Waals surface area contributed by atoms with Crippen molar-refractivity contribution in [3.63, 3.8) is 0 Å². The third-order valence-electron chi connectivity index (χ3n) is 2.59. The van der Waals surface area contributed by atoms with E-state index in [2.05, 4.69) is 0 Å². The third-order valence-corrected chi connectivity index (χ3v) is 6.47. The summed E-state index contributed by atoms with van der Waals surface area (Å²) in [7, 11) is -10.6. The largest absolute Gasteiger partial charge is 0.394 e. The predicted molar refractivity (Wildman–Crippen MR) is 75.5 cm³/mol. The van der Waals surface area contributed by atoms with Crippen molar-refractivity contribution in [2.45, 2.75) is 23.5 Å². The number of hydrogen-bond donors (Lipinski definition) is 10. The zero-order valence-electron chi connectivity index (χ0n) is 11.7. The molecular weight excluding hydrogens is 346 g/mol. The van der Waals surface area contributed by atoms with E-state index in [4.69, 9.17) is 46.4 Å². The molecule has 0 rings (SSSR count). The molecule has 0 bridgehead atoms. The summed E-state index contributed by atoms with van der Waals surface area (Å²) in [6, 6.07) is 0. The van der Waals surface area contributed by atoms with Gasteiger partial charge in [-0.05, 0) is 13.0 Å². The maximum atomic E-state index is 10.7. The number of aliphatic hydroxyl groups is 4. The summed E-state index contributed by atoms with van der Waals surface area (Å²) in [5.41, 5.74) is 8.94. The van der Waals surface area contributed by atoms with Crippen molar-refractivity contribution >= 4 is 15.2 Å². The molecule has 0 aromatic carbocycles. The first-order valence-corrected chi connectivity index (χ1v) is 9.12. The maximum Gasteiger partial charge on any atom is 0.369 e. The van der Waals surface area contributed by atoms with Crippen molar-refractivity contribution in [1.82, 2.24) is 0 Å². The van der Waals surface area contributed by atoms with Crippen molar-refractivity contribution in [2.24, 2.45) is 11.5 Å². The molecule has 0 spiro atoms. The lowest BCUT2D eigenvalue weighted by molar-refractivity contribution is 0.0697. The Kier molecular flexibility index (Phi) is 10.4. The molecule has 12 nitrogen and oxygen atoms in total. The van der Waals surface area contributed by atoms with Gasteiger partial charge in [0, 0.05) is 6.42 Å². The molecule has 0 aliphatic heterocycles. The highest BCUT2D eigenvalue weighted by Gasteiger charge is 2.58. The maximum absolute atomic E-state index is 10.7. The fourth-order valence-electron chi connectivity index (χ4n) is 0.950. The van der Waals surface area contributed by atoms with Crippen molar-refractivity contribution in [2.75, 3.05) is 26.4 Å². The minimum Gasteiger partial charge on any atom is -0.394 e. The van der Waals surface area contributed by atoms with Crippen LogP contribution in [0.3, 0.4) is 0 Å². The van der Waals surface area contributed by atoms with Crippen LogP contribution in [0.4, 0.5) is 0 Å². The van der Waals surface area contributed by atoms with Crippen LogP contribution in [0.5, 0.6) is 0 Å². The zero-order valence-corrected chi connectivity index (χ0v) is 13.5. The molecule has 0 aromatic rings. The molecule has 0 saturated carbocycles. The van der Waals surface area contributed by atoms with Gasteiger partial charge in [0.2, 0.25) is 0 Å². The van der Waals surface area contributed by atoms with E-state index >= 15 is 0 Å². The average Bonchev–Trinajstić information content (AvgIpc) is 2.42. The van der Waals surface area contributed by atoms with Gasteiger partial charge >= 0.3 is 15.2 Å². The van der Waals surface area contributed by atoms with E-state index in [0.717, 1.165) is 0 Å². The molecule has 0 fully saturated rings. The molecule has 0 radical (unpaired) electrons. The Labute approximate surface area is 126 Å². The van der Waals surface area contributed by atoms with E-state index in [1.54, 1.807) is 0 Å². The summed E-state index contributed by atoms with van der Waals surface area (Å²) >= 11 is 0. The van der Waals surface area contributed by atoms with Crippen LogP contribution in [0.2, 0.25) is 0 Å². The molecule has 0 unspecified atom stereocenters. The van der Waals surface area contributed by atoms with E-state index in [0.29, 0.717) is 0 Å². The van der Waals surface area contributed by atoms with Gasteiger partial charge in [-0.15, -0.1) is 0 Å². The Morgan fingerprint density at radius 3 is 1.32 bits per heavy atom.